The molecule has 15 heavy (non-hydrogen) atoms. The average molecular weight is 225 g/mol. The normalized spacial score (nSPS) is 12.7. The van der Waals surface area contributed by atoms with Gasteiger partial charge >= 0.3 is 0 Å². The highest BCUT2D eigenvalue weighted by Crippen LogP contribution is 2.20. The number of thioether (sulfide) groups is 1. The van der Waals surface area contributed by atoms with Crippen LogP contribution in [-0.2, 0) is 4.74 Å². The lowest BCUT2D eigenvalue weighted by molar-refractivity contribution is 0.0858. The van der Waals surface area contributed by atoms with Crippen LogP contribution < -0.4 is 5.73 Å². The van der Waals surface area contributed by atoms with Gasteiger partial charge in [0.25, 0.3) is 0 Å². The van der Waals surface area contributed by atoms with Crippen LogP contribution in [0, 0.1) is 6.92 Å². The van der Waals surface area contributed by atoms with Gasteiger partial charge in [-0.25, -0.2) is 0 Å². The molecule has 1 aromatic rings. The van der Waals surface area contributed by atoms with Gasteiger partial charge in [0, 0.05) is 23.8 Å². The summed E-state index contributed by atoms with van der Waals surface area (Å²) in [5.74, 6) is 0.924. The molecule has 1 atom stereocenters. The van der Waals surface area contributed by atoms with Gasteiger partial charge in [0.05, 0.1) is 6.10 Å². The molecule has 84 valence electrons. The Kier molecular flexibility index (Phi) is 5.76. The minimum Gasteiger partial charge on any atom is -0.376 e. The second-order valence-corrected chi connectivity index (χ2v) is 4.53. The van der Waals surface area contributed by atoms with Crippen molar-refractivity contribution in [1.29, 1.82) is 0 Å². The molecule has 0 amide bonds. The molecule has 0 aromatic heterocycles. The van der Waals surface area contributed by atoms with E-state index in [-0.39, 0.29) is 6.10 Å². The number of rotatable bonds is 6. The van der Waals surface area contributed by atoms with Crippen LogP contribution in [0.5, 0.6) is 0 Å². The molecular weight excluding hydrogens is 206 g/mol. The lowest BCUT2D eigenvalue weighted by Crippen LogP contribution is -2.26. The van der Waals surface area contributed by atoms with E-state index in [1.807, 2.05) is 6.92 Å². The first-order valence-corrected chi connectivity index (χ1v) is 6.26. The molecule has 1 unspecified atom stereocenters. The molecule has 0 saturated carbocycles. The molecule has 0 aliphatic heterocycles. The van der Waals surface area contributed by atoms with Crippen molar-refractivity contribution in [1.82, 2.24) is 0 Å². The first-order valence-electron chi connectivity index (χ1n) is 5.27. The Hall–Kier alpha value is -0.510. The van der Waals surface area contributed by atoms with Crippen LogP contribution in [0.3, 0.4) is 0 Å². The molecule has 0 saturated heterocycles. The van der Waals surface area contributed by atoms with Gasteiger partial charge in [-0.15, -0.1) is 11.8 Å². The third-order valence-corrected chi connectivity index (χ3v) is 3.22. The lowest BCUT2D eigenvalue weighted by Gasteiger charge is -2.14. The lowest BCUT2D eigenvalue weighted by atomic mass is 10.2. The van der Waals surface area contributed by atoms with Gasteiger partial charge in [-0.05, 0) is 26.0 Å². The summed E-state index contributed by atoms with van der Waals surface area (Å²) < 4.78 is 5.50. The maximum atomic E-state index is 5.61. The predicted octanol–water partition coefficient (Wildman–Crippen LogP) is 2.45. The van der Waals surface area contributed by atoms with Crippen molar-refractivity contribution in [2.45, 2.75) is 24.8 Å². The largest absolute Gasteiger partial charge is 0.376 e. The van der Waals surface area contributed by atoms with Crippen molar-refractivity contribution in [2.75, 3.05) is 18.9 Å². The fourth-order valence-electron chi connectivity index (χ4n) is 1.31. The highest BCUT2D eigenvalue weighted by atomic mass is 32.2. The average Bonchev–Trinajstić information content (AvgIpc) is 2.24. The summed E-state index contributed by atoms with van der Waals surface area (Å²) in [6.07, 6.45) is 0.167. The highest BCUT2D eigenvalue weighted by Gasteiger charge is 2.06. The minimum atomic E-state index is 0.167. The molecule has 0 fully saturated rings. The first kappa shape index (κ1) is 12.6. The number of ether oxygens (including phenoxy) is 1. The smallest absolute Gasteiger partial charge is 0.0790 e. The van der Waals surface area contributed by atoms with E-state index in [1.165, 1.54) is 10.5 Å². The van der Waals surface area contributed by atoms with Crippen LogP contribution in [-0.4, -0.2) is 25.0 Å². The van der Waals surface area contributed by atoms with E-state index in [0.717, 1.165) is 12.4 Å². The summed E-state index contributed by atoms with van der Waals surface area (Å²) in [7, 11) is 0. The summed E-state index contributed by atoms with van der Waals surface area (Å²) in [6, 6.07) is 8.49. The predicted molar refractivity (Wildman–Crippen MR) is 66.4 cm³/mol. The zero-order valence-electron chi connectivity index (χ0n) is 9.40. The van der Waals surface area contributed by atoms with Gasteiger partial charge in [0.2, 0.25) is 0 Å². The molecule has 2 N–H and O–H groups in total. The fraction of sp³-hybridized carbons (Fsp3) is 0.500. The highest BCUT2D eigenvalue weighted by molar-refractivity contribution is 7.99. The van der Waals surface area contributed by atoms with E-state index >= 15 is 0 Å². The molecule has 1 rings (SSSR count). The van der Waals surface area contributed by atoms with Crippen LogP contribution in [0.2, 0.25) is 0 Å². The van der Waals surface area contributed by atoms with Crippen LogP contribution in [0.25, 0.3) is 0 Å². The van der Waals surface area contributed by atoms with E-state index < -0.39 is 0 Å². The van der Waals surface area contributed by atoms with E-state index in [0.29, 0.717) is 6.54 Å². The second-order valence-electron chi connectivity index (χ2n) is 3.44. The fourth-order valence-corrected chi connectivity index (χ4v) is 2.37. The van der Waals surface area contributed by atoms with Gasteiger partial charge in [-0.3, -0.25) is 0 Å². The molecule has 0 aliphatic rings. The van der Waals surface area contributed by atoms with Gasteiger partial charge < -0.3 is 10.5 Å². The van der Waals surface area contributed by atoms with Gasteiger partial charge in [-0.2, -0.15) is 0 Å². The molecule has 0 heterocycles. The maximum Gasteiger partial charge on any atom is 0.0790 e. The number of nitrogens with two attached hydrogens (primary N) is 1. The van der Waals surface area contributed by atoms with Crippen molar-refractivity contribution in [3.05, 3.63) is 29.8 Å². The van der Waals surface area contributed by atoms with E-state index in [4.69, 9.17) is 10.5 Å². The topological polar surface area (TPSA) is 35.2 Å². The summed E-state index contributed by atoms with van der Waals surface area (Å²) >= 11 is 1.80. The van der Waals surface area contributed by atoms with Crippen LogP contribution in [0.4, 0.5) is 0 Å². The maximum absolute atomic E-state index is 5.61. The zero-order valence-corrected chi connectivity index (χ0v) is 10.2. The molecule has 0 spiro atoms. The van der Waals surface area contributed by atoms with Gasteiger partial charge in [-0.1, -0.05) is 17.7 Å². The van der Waals surface area contributed by atoms with Crippen molar-refractivity contribution < 1.29 is 4.74 Å². The van der Waals surface area contributed by atoms with Crippen molar-refractivity contribution in [2.24, 2.45) is 5.73 Å². The molecular formula is C12H19NOS. The number of hydrogen-bond acceptors (Lipinski definition) is 3. The summed E-state index contributed by atoms with van der Waals surface area (Å²) in [5, 5.41) is 0. The van der Waals surface area contributed by atoms with Crippen molar-refractivity contribution in [3.63, 3.8) is 0 Å². The number of benzene rings is 1. The summed E-state index contributed by atoms with van der Waals surface area (Å²) in [5.41, 5.74) is 6.91. The van der Waals surface area contributed by atoms with Crippen molar-refractivity contribution in [3.8, 4) is 0 Å². The van der Waals surface area contributed by atoms with E-state index in [2.05, 4.69) is 31.2 Å². The molecule has 0 aliphatic carbocycles. The van der Waals surface area contributed by atoms with E-state index in [1.54, 1.807) is 11.8 Å². The quantitative estimate of drug-likeness (QED) is 0.755. The summed E-state index contributed by atoms with van der Waals surface area (Å²) in [4.78, 5) is 1.29. The second kappa shape index (κ2) is 6.88. The molecule has 3 heteroatoms. The first-order chi connectivity index (χ1) is 7.26. The Morgan fingerprint density at radius 3 is 2.87 bits per heavy atom. The third kappa shape index (κ3) is 4.69. The van der Waals surface area contributed by atoms with E-state index in [9.17, 15) is 0 Å². The Labute approximate surface area is 96.2 Å². The standard InChI is InChI=1S/C12H19NOS/c1-3-14-11(8-13)9-15-12-6-4-5-10(2)7-12/h4-7,11H,3,8-9,13H2,1-2H3. The zero-order chi connectivity index (χ0) is 11.1. The van der Waals surface area contributed by atoms with Crippen LogP contribution in [0.15, 0.2) is 29.2 Å². The Morgan fingerprint density at radius 2 is 2.27 bits per heavy atom. The van der Waals surface area contributed by atoms with Gasteiger partial charge in [0.1, 0.15) is 0 Å². The van der Waals surface area contributed by atoms with Crippen LogP contribution in [0.1, 0.15) is 12.5 Å². The Bertz CT molecular complexity index is 291. The SMILES string of the molecule is CCOC(CN)CSc1cccc(C)c1. The number of hydrogen-bond donors (Lipinski definition) is 1. The Morgan fingerprint density at radius 1 is 1.47 bits per heavy atom. The van der Waals surface area contributed by atoms with Crippen molar-refractivity contribution >= 4 is 11.8 Å². The number of aryl methyl sites for hydroxylation is 1. The molecule has 0 radical (unpaired) electrons. The monoisotopic (exact) mass is 225 g/mol. The third-order valence-electron chi connectivity index (χ3n) is 2.09. The molecule has 0 bridgehead atoms. The minimum absolute atomic E-state index is 0.167. The van der Waals surface area contributed by atoms with Gasteiger partial charge in [0.15, 0.2) is 0 Å². The molecule has 1 aromatic carbocycles. The van der Waals surface area contributed by atoms with Crippen LogP contribution >= 0.6 is 11.8 Å². The molecule has 2 nitrogen and oxygen atoms in total. The Balaban J connectivity index is 2.41. The summed E-state index contributed by atoms with van der Waals surface area (Å²) in [6.45, 7) is 5.43.